The van der Waals surface area contributed by atoms with Gasteiger partial charge in [0.1, 0.15) is 12.2 Å². The molecule has 0 N–H and O–H groups in total. The molecule has 0 radical (unpaired) electrons. The lowest BCUT2D eigenvalue weighted by atomic mass is 10.1. The van der Waals surface area contributed by atoms with Crippen LogP contribution in [0.4, 0.5) is 0 Å². The minimum atomic E-state index is -0.157. The molecule has 0 aliphatic carbocycles. The standard InChI is InChI=1S/C23H17BrO3/c1-15-7-12-20-19(13-15)21(25)23(22(27-20)17-5-3-2-4-6-17)26-14-16-8-10-18(24)11-9-16/h2-13H,14H2,1H3. The predicted octanol–water partition coefficient (Wildman–Crippen LogP) is 6.11. The lowest BCUT2D eigenvalue weighted by molar-refractivity contribution is 0.298. The molecule has 0 spiro atoms. The zero-order valence-electron chi connectivity index (χ0n) is 14.7. The average molecular weight is 421 g/mol. The Bertz CT molecular complexity index is 1150. The van der Waals surface area contributed by atoms with Crippen molar-refractivity contribution in [1.82, 2.24) is 0 Å². The first-order valence-electron chi connectivity index (χ1n) is 8.62. The van der Waals surface area contributed by atoms with Gasteiger partial charge in [0.2, 0.25) is 11.2 Å². The Balaban J connectivity index is 1.84. The molecule has 27 heavy (non-hydrogen) atoms. The minimum Gasteiger partial charge on any atom is -0.481 e. The van der Waals surface area contributed by atoms with Crippen LogP contribution in [-0.4, -0.2) is 0 Å². The molecular formula is C23H17BrO3. The Kier molecular flexibility index (Phi) is 4.82. The summed E-state index contributed by atoms with van der Waals surface area (Å²) >= 11 is 3.42. The number of fused-ring (bicyclic) bond motifs is 1. The highest BCUT2D eigenvalue weighted by Gasteiger charge is 2.18. The molecule has 3 nitrogen and oxygen atoms in total. The van der Waals surface area contributed by atoms with Crippen molar-refractivity contribution in [2.24, 2.45) is 0 Å². The predicted molar refractivity (Wildman–Crippen MR) is 111 cm³/mol. The van der Waals surface area contributed by atoms with E-state index in [0.717, 1.165) is 21.2 Å². The van der Waals surface area contributed by atoms with Gasteiger partial charge in [-0.25, -0.2) is 0 Å². The monoisotopic (exact) mass is 420 g/mol. The van der Waals surface area contributed by atoms with Crippen molar-refractivity contribution in [3.8, 4) is 17.1 Å². The van der Waals surface area contributed by atoms with Crippen LogP contribution in [-0.2, 0) is 6.61 Å². The molecular weight excluding hydrogens is 404 g/mol. The van der Waals surface area contributed by atoms with Crippen molar-refractivity contribution in [1.29, 1.82) is 0 Å². The summed E-state index contributed by atoms with van der Waals surface area (Å²) in [5.41, 5.74) is 3.18. The number of halogens is 1. The Morgan fingerprint density at radius 3 is 2.44 bits per heavy atom. The quantitative estimate of drug-likeness (QED) is 0.399. The van der Waals surface area contributed by atoms with E-state index in [0.29, 0.717) is 16.7 Å². The Hall–Kier alpha value is -2.85. The molecule has 0 fully saturated rings. The van der Waals surface area contributed by atoms with Crippen LogP contribution in [0, 0.1) is 6.92 Å². The molecule has 0 unspecified atom stereocenters. The SMILES string of the molecule is Cc1ccc2oc(-c3ccccc3)c(OCc3ccc(Br)cc3)c(=O)c2c1. The lowest BCUT2D eigenvalue weighted by Crippen LogP contribution is -2.10. The maximum atomic E-state index is 13.2. The topological polar surface area (TPSA) is 39.4 Å². The molecule has 1 aromatic heterocycles. The largest absolute Gasteiger partial charge is 0.481 e. The van der Waals surface area contributed by atoms with Crippen LogP contribution in [0.3, 0.4) is 0 Å². The van der Waals surface area contributed by atoms with Crippen molar-refractivity contribution in [3.63, 3.8) is 0 Å². The zero-order chi connectivity index (χ0) is 18.8. The fourth-order valence-electron chi connectivity index (χ4n) is 2.94. The first kappa shape index (κ1) is 17.6. The second-order valence-electron chi connectivity index (χ2n) is 6.37. The molecule has 0 aliphatic heterocycles. The van der Waals surface area contributed by atoms with Crippen LogP contribution in [0.1, 0.15) is 11.1 Å². The van der Waals surface area contributed by atoms with Crippen LogP contribution in [0.15, 0.2) is 86.5 Å². The van der Waals surface area contributed by atoms with Gasteiger partial charge in [-0.05, 0) is 36.8 Å². The van der Waals surface area contributed by atoms with Gasteiger partial charge >= 0.3 is 0 Å². The smallest absolute Gasteiger partial charge is 0.235 e. The summed E-state index contributed by atoms with van der Waals surface area (Å²) in [6.07, 6.45) is 0. The first-order valence-corrected chi connectivity index (χ1v) is 9.41. The van der Waals surface area contributed by atoms with Gasteiger partial charge in [0.25, 0.3) is 0 Å². The van der Waals surface area contributed by atoms with Crippen molar-refractivity contribution >= 4 is 26.9 Å². The van der Waals surface area contributed by atoms with E-state index in [1.54, 1.807) is 0 Å². The van der Waals surface area contributed by atoms with Crippen molar-refractivity contribution in [2.45, 2.75) is 13.5 Å². The van der Waals surface area contributed by atoms with E-state index in [2.05, 4.69) is 15.9 Å². The summed E-state index contributed by atoms with van der Waals surface area (Å²) in [7, 11) is 0. The summed E-state index contributed by atoms with van der Waals surface area (Å²) in [6, 6.07) is 23.0. The molecule has 4 aromatic rings. The van der Waals surface area contributed by atoms with E-state index in [9.17, 15) is 4.79 Å². The van der Waals surface area contributed by atoms with Gasteiger partial charge < -0.3 is 9.15 Å². The van der Waals surface area contributed by atoms with Gasteiger partial charge in [0.05, 0.1) is 5.39 Å². The Morgan fingerprint density at radius 1 is 0.963 bits per heavy atom. The number of hydrogen-bond acceptors (Lipinski definition) is 3. The van der Waals surface area contributed by atoms with E-state index in [1.165, 1.54) is 0 Å². The summed E-state index contributed by atoms with van der Waals surface area (Å²) in [5, 5.41) is 0.528. The van der Waals surface area contributed by atoms with Crippen LogP contribution >= 0.6 is 15.9 Å². The average Bonchev–Trinajstić information content (AvgIpc) is 2.69. The molecule has 0 amide bonds. The highest BCUT2D eigenvalue weighted by atomic mass is 79.9. The fraction of sp³-hybridized carbons (Fsp3) is 0.0870. The third-order valence-corrected chi connectivity index (χ3v) is 4.87. The molecule has 0 aliphatic rings. The highest BCUT2D eigenvalue weighted by molar-refractivity contribution is 9.10. The van der Waals surface area contributed by atoms with Crippen LogP contribution in [0.25, 0.3) is 22.3 Å². The Morgan fingerprint density at radius 2 is 1.70 bits per heavy atom. The molecule has 3 aromatic carbocycles. The minimum absolute atomic E-state index is 0.157. The molecule has 4 heteroatoms. The number of hydrogen-bond donors (Lipinski definition) is 0. The molecule has 0 bridgehead atoms. The highest BCUT2D eigenvalue weighted by Crippen LogP contribution is 2.31. The van der Waals surface area contributed by atoms with Gasteiger partial charge in [-0.3, -0.25) is 4.79 Å². The summed E-state index contributed by atoms with van der Waals surface area (Å²) in [5.74, 6) is 0.691. The number of rotatable bonds is 4. The number of benzene rings is 3. The number of ether oxygens (including phenoxy) is 1. The maximum Gasteiger partial charge on any atom is 0.235 e. The van der Waals surface area contributed by atoms with Gasteiger partial charge in [0, 0.05) is 10.0 Å². The van der Waals surface area contributed by atoms with Crippen LogP contribution in [0.2, 0.25) is 0 Å². The number of aryl methyl sites for hydroxylation is 1. The lowest BCUT2D eigenvalue weighted by Gasteiger charge is -2.12. The fourth-order valence-corrected chi connectivity index (χ4v) is 3.20. The normalized spacial score (nSPS) is 10.9. The van der Waals surface area contributed by atoms with E-state index in [1.807, 2.05) is 79.7 Å². The molecule has 0 saturated heterocycles. The second kappa shape index (κ2) is 7.41. The summed E-state index contributed by atoms with van der Waals surface area (Å²) in [6.45, 7) is 2.24. The van der Waals surface area contributed by atoms with Gasteiger partial charge in [-0.1, -0.05) is 70.0 Å². The van der Waals surface area contributed by atoms with Gasteiger partial charge in [-0.2, -0.15) is 0 Å². The van der Waals surface area contributed by atoms with Crippen molar-refractivity contribution < 1.29 is 9.15 Å². The molecule has 0 atom stereocenters. The van der Waals surface area contributed by atoms with Gasteiger partial charge in [-0.15, -0.1) is 0 Å². The van der Waals surface area contributed by atoms with Gasteiger partial charge in [0.15, 0.2) is 5.76 Å². The van der Waals surface area contributed by atoms with E-state index >= 15 is 0 Å². The Labute approximate surface area is 165 Å². The maximum absolute atomic E-state index is 13.2. The van der Waals surface area contributed by atoms with E-state index < -0.39 is 0 Å². The van der Waals surface area contributed by atoms with Crippen LogP contribution < -0.4 is 10.2 Å². The summed E-state index contributed by atoms with van der Waals surface area (Å²) in [4.78, 5) is 13.2. The van der Waals surface area contributed by atoms with Crippen molar-refractivity contribution in [2.75, 3.05) is 0 Å². The summed E-state index contributed by atoms with van der Waals surface area (Å²) < 4.78 is 13.1. The van der Waals surface area contributed by atoms with E-state index in [-0.39, 0.29) is 17.8 Å². The van der Waals surface area contributed by atoms with Crippen molar-refractivity contribution in [3.05, 3.63) is 98.6 Å². The molecule has 1 heterocycles. The molecule has 4 rings (SSSR count). The first-order chi connectivity index (χ1) is 13.1. The second-order valence-corrected chi connectivity index (χ2v) is 7.29. The zero-order valence-corrected chi connectivity index (χ0v) is 16.3. The molecule has 0 saturated carbocycles. The van der Waals surface area contributed by atoms with E-state index in [4.69, 9.17) is 9.15 Å². The van der Waals surface area contributed by atoms with Crippen LogP contribution in [0.5, 0.6) is 5.75 Å². The third kappa shape index (κ3) is 3.67. The third-order valence-electron chi connectivity index (χ3n) is 4.34. The molecule has 134 valence electrons.